The van der Waals surface area contributed by atoms with Crippen LogP contribution in [0.15, 0.2) is 12.4 Å². The molecule has 16 heavy (non-hydrogen) atoms. The van der Waals surface area contributed by atoms with Gasteiger partial charge >= 0.3 is 0 Å². The molecular formula is C13H21N3. The Kier molecular flexibility index (Phi) is 2.85. The monoisotopic (exact) mass is 219 g/mol. The number of hydrogen-bond donors (Lipinski definition) is 1. The molecule has 0 amide bonds. The summed E-state index contributed by atoms with van der Waals surface area (Å²) in [6, 6.07) is 1.38. The largest absolute Gasteiger partial charge is 0.353 e. The highest BCUT2D eigenvalue weighted by Gasteiger charge is 2.22. The van der Waals surface area contributed by atoms with Gasteiger partial charge in [-0.2, -0.15) is 0 Å². The van der Waals surface area contributed by atoms with Gasteiger partial charge in [0.25, 0.3) is 0 Å². The Balaban J connectivity index is 1.70. The molecule has 0 aromatic carbocycles. The highest BCUT2D eigenvalue weighted by molar-refractivity contribution is 5.29. The Morgan fingerprint density at radius 2 is 1.88 bits per heavy atom. The number of hydrogen-bond acceptors (Lipinski definition) is 2. The third-order valence-corrected chi connectivity index (χ3v) is 4.08. The second-order valence-corrected chi connectivity index (χ2v) is 5.22. The molecule has 0 bridgehead atoms. The number of imidazole rings is 1. The first-order valence-electron chi connectivity index (χ1n) is 6.73. The molecule has 3 rings (SSSR count). The standard InChI is InChI=1S/C13H21N3/c1-2-7-12(8-3-1)16-10-9-14-13(16)15-11-5-4-6-11/h9-12H,1-8H2,(H,14,15). The maximum Gasteiger partial charge on any atom is 0.203 e. The van der Waals surface area contributed by atoms with Crippen molar-refractivity contribution in [3.8, 4) is 0 Å². The Morgan fingerprint density at radius 1 is 1.06 bits per heavy atom. The molecule has 88 valence electrons. The van der Waals surface area contributed by atoms with Gasteiger partial charge in [-0.1, -0.05) is 19.3 Å². The molecule has 2 aliphatic carbocycles. The zero-order chi connectivity index (χ0) is 10.8. The molecule has 0 spiro atoms. The fraction of sp³-hybridized carbons (Fsp3) is 0.769. The highest BCUT2D eigenvalue weighted by atomic mass is 15.2. The molecule has 2 fully saturated rings. The number of nitrogens with zero attached hydrogens (tertiary/aromatic N) is 2. The Hall–Kier alpha value is -0.990. The zero-order valence-corrected chi connectivity index (χ0v) is 9.86. The van der Waals surface area contributed by atoms with E-state index in [0.717, 1.165) is 5.95 Å². The van der Waals surface area contributed by atoms with Crippen molar-refractivity contribution in [2.75, 3.05) is 5.32 Å². The Bertz CT molecular complexity index is 335. The molecule has 2 aliphatic rings. The van der Waals surface area contributed by atoms with Crippen LogP contribution in [0.5, 0.6) is 0 Å². The number of rotatable bonds is 3. The quantitative estimate of drug-likeness (QED) is 0.845. The lowest BCUT2D eigenvalue weighted by atomic mass is 9.93. The van der Waals surface area contributed by atoms with Crippen LogP contribution in [-0.4, -0.2) is 15.6 Å². The summed E-state index contributed by atoms with van der Waals surface area (Å²) in [6.45, 7) is 0. The van der Waals surface area contributed by atoms with Crippen molar-refractivity contribution in [1.29, 1.82) is 0 Å². The molecule has 0 saturated heterocycles. The SMILES string of the molecule is c1cn(C2CCCCC2)c(NC2CCC2)n1. The maximum atomic E-state index is 4.47. The fourth-order valence-electron chi connectivity index (χ4n) is 2.81. The summed E-state index contributed by atoms with van der Waals surface area (Å²) >= 11 is 0. The van der Waals surface area contributed by atoms with Crippen LogP contribution in [-0.2, 0) is 0 Å². The minimum atomic E-state index is 0.685. The second kappa shape index (κ2) is 4.48. The topological polar surface area (TPSA) is 29.9 Å². The summed E-state index contributed by atoms with van der Waals surface area (Å²) in [6.07, 6.45) is 14.9. The molecular weight excluding hydrogens is 198 g/mol. The fourth-order valence-corrected chi connectivity index (χ4v) is 2.81. The van der Waals surface area contributed by atoms with E-state index >= 15 is 0 Å². The van der Waals surface area contributed by atoms with E-state index in [1.165, 1.54) is 51.4 Å². The third-order valence-electron chi connectivity index (χ3n) is 4.08. The van der Waals surface area contributed by atoms with E-state index in [2.05, 4.69) is 21.1 Å². The van der Waals surface area contributed by atoms with Crippen molar-refractivity contribution in [3.05, 3.63) is 12.4 Å². The first-order valence-corrected chi connectivity index (χ1v) is 6.73. The Labute approximate surface area is 97.3 Å². The van der Waals surface area contributed by atoms with Gasteiger partial charge in [0.1, 0.15) is 0 Å². The van der Waals surface area contributed by atoms with E-state index < -0.39 is 0 Å². The Morgan fingerprint density at radius 3 is 2.56 bits per heavy atom. The summed E-state index contributed by atoms with van der Waals surface area (Å²) in [4.78, 5) is 4.47. The van der Waals surface area contributed by atoms with Crippen LogP contribution < -0.4 is 5.32 Å². The van der Waals surface area contributed by atoms with Gasteiger partial charge in [-0.05, 0) is 32.1 Å². The molecule has 2 saturated carbocycles. The molecule has 0 unspecified atom stereocenters. The third kappa shape index (κ3) is 1.95. The molecule has 1 aromatic heterocycles. The lowest BCUT2D eigenvalue weighted by Crippen LogP contribution is -2.29. The molecule has 1 aromatic rings. The van der Waals surface area contributed by atoms with Gasteiger partial charge in [0.05, 0.1) is 0 Å². The highest BCUT2D eigenvalue weighted by Crippen LogP contribution is 2.31. The van der Waals surface area contributed by atoms with Crippen LogP contribution in [0.2, 0.25) is 0 Å². The molecule has 1 heterocycles. The van der Waals surface area contributed by atoms with E-state index in [0.29, 0.717) is 12.1 Å². The van der Waals surface area contributed by atoms with Crippen LogP contribution in [0.1, 0.15) is 57.4 Å². The maximum absolute atomic E-state index is 4.47. The van der Waals surface area contributed by atoms with Crippen molar-refractivity contribution < 1.29 is 0 Å². The smallest absolute Gasteiger partial charge is 0.203 e. The van der Waals surface area contributed by atoms with Crippen LogP contribution in [0.3, 0.4) is 0 Å². The first-order chi connectivity index (χ1) is 7.93. The number of anilines is 1. The van der Waals surface area contributed by atoms with E-state index in [1.54, 1.807) is 0 Å². The first kappa shape index (κ1) is 10.2. The summed E-state index contributed by atoms with van der Waals surface area (Å²) in [5.41, 5.74) is 0. The van der Waals surface area contributed by atoms with Gasteiger partial charge in [0, 0.05) is 24.5 Å². The summed E-state index contributed by atoms with van der Waals surface area (Å²) < 4.78 is 2.37. The van der Waals surface area contributed by atoms with Crippen molar-refractivity contribution in [2.24, 2.45) is 0 Å². The van der Waals surface area contributed by atoms with Crippen molar-refractivity contribution >= 4 is 5.95 Å². The average molecular weight is 219 g/mol. The molecule has 3 nitrogen and oxygen atoms in total. The second-order valence-electron chi connectivity index (χ2n) is 5.22. The van der Waals surface area contributed by atoms with E-state index in [9.17, 15) is 0 Å². The average Bonchev–Trinajstić information content (AvgIpc) is 2.73. The zero-order valence-electron chi connectivity index (χ0n) is 9.86. The summed E-state index contributed by atoms with van der Waals surface area (Å²) in [5.74, 6) is 1.11. The minimum absolute atomic E-state index is 0.685. The van der Waals surface area contributed by atoms with E-state index in [4.69, 9.17) is 0 Å². The van der Waals surface area contributed by atoms with E-state index in [1.807, 2.05) is 6.20 Å². The van der Waals surface area contributed by atoms with Gasteiger partial charge in [0.15, 0.2) is 0 Å². The van der Waals surface area contributed by atoms with Crippen LogP contribution in [0, 0.1) is 0 Å². The lowest BCUT2D eigenvalue weighted by Gasteiger charge is -2.30. The number of aromatic nitrogens is 2. The van der Waals surface area contributed by atoms with Crippen molar-refractivity contribution in [1.82, 2.24) is 9.55 Å². The normalized spacial score (nSPS) is 23.0. The predicted molar refractivity (Wildman–Crippen MR) is 65.6 cm³/mol. The van der Waals surface area contributed by atoms with Gasteiger partial charge in [-0.3, -0.25) is 0 Å². The number of nitrogens with one attached hydrogen (secondary N) is 1. The van der Waals surface area contributed by atoms with Gasteiger partial charge in [0.2, 0.25) is 5.95 Å². The predicted octanol–water partition coefficient (Wildman–Crippen LogP) is 3.35. The van der Waals surface area contributed by atoms with Gasteiger partial charge in [-0.15, -0.1) is 0 Å². The molecule has 0 radical (unpaired) electrons. The van der Waals surface area contributed by atoms with Crippen molar-refractivity contribution in [3.63, 3.8) is 0 Å². The van der Waals surface area contributed by atoms with Gasteiger partial charge < -0.3 is 9.88 Å². The van der Waals surface area contributed by atoms with Crippen LogP contribution in [0.4, 0.5) is 5.95 Å². The van der Waals surface area contributed by atoms with Crippen LogP contribution in [0.25, 0.3) is 0 Å². The van der Waals surface area contributed by atoms with Crippen LogP contribution >= 0.6 is 0 Å². The minimum Gasteiger partial charge on any atom is -0.353 e. The van der Waals surface area contributed by atoms with E-state index in [-0.39, 0.29) is 0 Å². The summed E-state index contributed by atoms with van der Waals surface area (Å²) in [7, 11) is 0. The molecule has 1 N–H and O–H groups in total. The summed E-state index contributed by atoms with van der Waals surface area (Å²) in [5, 5.41) is 3.58. The molecule has 0 atom stereocenters. The molecule has 3 heteroatoms. The van der Waals surface area contributed by atoms with Crippen molar-refractivity contribution in [2.45, 2.75) is 63.5 Å². The lowest BCUT2D eigenvalue weighted by molar-refractivity contribution is 0.352. The molecule has 0 aliphatic heterocycles. The van der Waals surface area contributed by atoms with Gasteiger partial charge in [-0.25, -0.2) is 4.98 Å².